The van der Waals surface area contributed by atoms with Crippen LogP contribution in [0.25, 0.3) is 0 Å². The second-order valence-electron chi connectivity index (χ2n) is 4.23. The summed E-state index contributed by atoms with van der Waals surface area (Å²) in [6.07, 6.45) is 0.835. The van der Waals surface area contributed by atoms with Gasteiger partial charge in [0.2, 0.25) is 0 Å². The minimum Gasteiger partial charge on any atom is -0.508 e. The fourth-order valence-corrected chi connectivity index (χ4v) is 2.10. The van der Waals surface area contributed by atoms with Crippen LogP contribution in [0.5, 0.6) is 5.75 Å². The van der Waals surface area contributed by atoms with Crippen LogP contribution < -0.4 is 0 Å². The lowest BCUT2D eigenvalue weighted by Gasteiger charge is -2.30. The van der Waals surface area contributed by atoms with Crippen LogP contribution in [-0.2, 0) is 10.3 Å². The predicted octanol–water partition coefficient (Wildman–Crippen LogP) is 1.64. The quantitative estimate of drug-likeness (QED) is 0.776. The lowest BCUT2D eigenvalue weighted by molar-refractivity contribution is -0.0114. The maximum absolute atomic E-state index is 10.4. The monoisotopic (exact) mass is 208 g/mol. The molecule has 3 nitrogen and oxygen atoms in total. The first-order valence-corrected chi connectivity index (χ1v) is 5.21. The number of phenolic OH excluding ortho intramolecular Hbond substituents is 1. The van der Waals surface area contributed by atoms with Gasteiger partial charge in [-0.3, -0.25) is 0 Å². The third kappa shape index (κ3) is 1.85. The Labute approximate surface area is 89.3 Å². The van der Waals surface area contributed by atoms with Gasteiger partial charge in [0.05, 0.1) is 12.2 Å². The van der Waals surface area contributed by atoms with Crippen LogP contribution in [0.4, 0.5) is 0 Å². The number of ether oxygens (including phenoxy) is 1. The average Bonchev–Trinajstić information content (AvgIpc) is 2.71. The number of hydrogen-bond donors (Lipinski definition) is 2. The van der Waals surface area contributed by atoms with E-state index in [-0.39, 0.29) is 11.7 Å². The number of aromatic hydroxyl groups is 1. The number of para-hydroxylation sites is 1. The highest BCUT2D eigenvalue weighted by atomic mass is 16.5. The van der Waals surface area contributed by atoms with Gasteiger partial charge in [0.15, 0.2) is 0 Å². The lowest BCUT2D eigenvalue weighted by atomic mass is 9.82. The highest BCUT2D eigenvalue weighted by Crippen LogP contribution is 2.38. The van der Waals surface area contributed by atoms with E-state index in [1.165, 1.54) is 0 Å². The molecular weight excluding hydrogens is 192 g/mol. The van der Waals surface area contributed by atoms with E-state index < -0.39 is 5.60 Å². The molecule has 2 rings (SSSR count). The van der Waals surface area contributed by atoms with Crippen molar-refractivity contribution in [2.24, 2.45) is 5.92 Å². The highest BCUT2D eigenvalue weighted by molar-refractivity contribution is 5.36. The van der Waals surface area contributed by atoms with Crippen molar-refractivity contribution in [2.75, 3.05) is 13.2 Å². The first kappa shape index (κ1) is 10.5. The van der Waals surface area contributed by atoms with Gasteiger partial charge in [-0.25, -0.2) is 0 Å². The fourth-order valence-electron chi connectivity index (χ4n) is 2.10. The molecule has 0 aliphatic carbocycles. The summed E-state index contributed by atoms with van der Waals surface area (Å²) >= 11 is 0. The molecule has 82 valence electrons. The molecule has 1 heterocycles. The minimum atomic E-state index is -1.01. The Balaban J connectivity index is 2.31. The molecule has 0 bridgehead atoms. The molecule has 1 fully saturated rings. The molecule has 2 N–H and O–H groups in total. The molecule has 2 unspecified atom stereocenters. The molecule has 0 aromatic heterocycles. The Kier molecular flexibility index (Phi) is 2.67. The fraction of sp³-hybridized carbons (Fsp3) is 0.500. The van der Waals surface area contributed by atoms with Crippen LogP contribution in [0.1, 0.15) is 18.9 Å². The van der Waals surface area contributed by atoms with Gasteiger partial charge in [0.1, 0.15) is 5.75 Å². The van der Waals surface area contributed by atoms with Gasteiger partial charge < -0.3 is 14.9 Å². The van der Waals surface area contributed by atoms with Gasteiger partial charge in [-0.15, -0.1) is 0 Å². The van der Waals surface area contributed by atoms with Crippen molar-refractivity contribution >= 4 is 0 Å². The van der Waals surface area contributed by atoms with E-state index >= 15 is 0 Å². The van der Waals surface area contributed by atoms with Crippen molar-refractivity contribution in [3.8, 4) is 5.75 Å². The maximum Gasteiger partial charge on any atom is 0.121 e. The van der Waals surface area contributed by atoms with E-state index in [1.54, 1.807) is 25.1 Å². The summed E-state index contributed by atoms with van der Waals surface area (Å²) in [6, 6.07) is 6.92. The normalized spacial score (nSPS) is 25.1. The number of hydrogen-bond acceptors (Lipinski definition) is 3. The zero-order chi connectivity index (χ0) is 10.9. The first-order valence-electron chi connectivity index (χ1n) is 5.21. The molecule has 0 radical (unpaired) electrons. The van der Waals surface area contributed by atoms with Crippen molar-refractivity contribution < 1.29 is 14.9 Å². The van der Waals surface area contributed by atoms with E-state index in [4.69, 9.17) is 4.74 Å². The van der Waals surface area contributed by atoms with E-state index in [0.29, 0.717) is 18.8 Å². The van der Waals surface area contributed by atoms with E-state index in [1.807, 2.05) is 6.07 Å². The van der Waals surface area contributed by atoms with Crippen LogP contribution in [0, 0.1) is 5.92 Å². The van der Waals surface area contributed by atoms with E-state index in [0.717, 1.165) is 6.42 Å². The molecule has 0 spiro atoms. The molecule has 1 aromatic carbocycles. The Morgan fingerprint density at radius 1 is 1.40 bits per heavy atom. The van der Waals surface area contributed by atoms with Gasteiger partial charge in [-0.1, -0.05) is 18.2 Å². The Morgan fingerprint density at radius 3 is 2.73 bits per heavy atom. The first-order chi connectivity index (χ1) is 7.12. The lowest BCUT2D eigenvalue weighted by Crippen LogP contribution is -2.32. The molecular formula is C12H16O3. The second kappa shape index (κ2) is 3.83. The molecule has 3 heteroatoms. The van der Waals surface area contributed by atoms with Crippen LogP contribution in [0.15, 0.2) is 24.3 Å². The van der Waals surface area contributed by atoms with Gasteiger partial charge in [0.25, 0.3) is 0 Å². The van der Waals surface area contributed by atoms with Crippen LogP contribution in [0.2, 0.25) is 0 Å². The molecule has 1 saturated heterocycles. The predicted molar refractivity (Wildman–Crippen MR) is 56.6 cm³/mol. The number of benzene rings is 1. The van der Waals surface area contributed by atoms with Crippen LogP contribution in [0.3, 0.4) is 0 Å². The van der Waals surface area contributed by atoms with Crippen molar-refractivity contribution in [2.45, 2.75) is 18.9 Å². The average molecular weight is 208 g/mol. The molecule has 1 aliphatic heterocycles. The van der Waals surface area contributed by atoms with Gasteiger partial charge >= 0.3 is 0 Å². The Bertz CT molecular complexity index is 340. The van der Waals surface area contributed by atoms with Crippen LogP contribution in [-0.4, -0.2) is 23.4 Å². The van der Waals surface area contributed by atoms with Gasteiger partial charge in [-0.2, -0.15) is 0 Å². The summed E-state index contributed by atoms with van der Waals surface area (Å²) in [6.45, 7) is 2.98. The molecule has 0 amide bonds. The van der Waals surface area contributed by atoms with E-state index in [2.05, 4.69) is 0 Å². The summed E-state index contributed by atoms with van der Waals surface area (Å²) in [5.74, 6) is 0.209. The molecule has 2 atom stereocenters. The standard InChI is InChI=1S/C12H16O3/c1-12(14,9-6-7-15-8-9)10-4-2-3-5-11(10)13/h2-5,9,13-14H,6-8H2,1H3. The largest absolute Gasteiger partial charge is 0.508 e. The SMILES string of the molecule is CC(O)(c1ccccc1O)C1CCOC1. The summed E-state index contributed by atoms with van der Waals surface area (Å²) in [5.41, 5.74) is -0.428. The zero-order valence-corrected chi connectivity index (χ0v) is 8.81. The summed E-state index contributed by atoms with van der Waals surface area (Å²) in [4.78, 5) is 0. The Hall–Kier alpha value is -1.06. The zero-order valence-electron chi connectivity index (χ0n) is 8.81. The van der Waals surface area contributed by atoms with Crippen molar-refractivity contribution in [1.29, 1.82) is 0 Å². The number of phenols is 1. The van der Waals surface area contributed by atoms with Gasteiger partial charge in [0, 0.05) is 18.1 Å². The smallest absolute Gasteiger partial charge is 0.121 e. The summed E-state index contributed by atoms with van der Waals surface area (Å²) in [5, 5.41) is 20.1. The van der Waals surface area contributed by atoms with Crippen molar-refractivity contribution in [3.05, 3.63) is 29.8 Å². The molecule has 15 heavy (non-hydrogen) atoms. The third-order valence-electron chi connectivity index (χ3n) is 3.17. The molecule has 1 aliphatic rings. The minimum absolute atomic E-state index is 0.0609. The second-order valence-corrected chi connectivity index (χ2v) is 4.23. The van der Waals surface area contributed by atoms with E-state index in [9.17, 15) is 10.2 Å². The highest BCUT2D eigenvalue weighted by Gasteiger charge is 2.37. The number of aliphatic hydroxyl groups is 1. The molecule has 0 saturated carbocycles. The van der Waals surface area contributed by atoms with Crippen LogP contribution >= 0.6 is 0 Å². The van der Waals surface area contributed by atoms with Crippen molar-refractivity contribution in [3.63, 3.8) is 0 Å². The summed E-state index contributed by atoms with van der Waals surface area (Å²) in [7, 11) is 0. The maximum atomic E-state index is 10.4. The molecule has 1 aromatic rings. The summed E-state index contributed by atoms with van der Waals surface area (Å²) < 4.78 is 5.26. The number of rotatable bonds is 2. The third-order valence-corrected chi connectivity index (χ3v) is 3.17. The Morgan fingerprint density at radius 2 is 2.13 bits per heavy atom. The van der Waals surface area contributed by atoms with Crippen molar-refractivity contribution in [1.82, 2.24) is 0 Å². The topological polar surface area (TPSA) is 49.7 Å². The van der Waals surface area contributed by atoms with Gasteiger partial charge in [-0.05, 0) is 19.4 Å².